The van der Waals surface area contributed by atoms with Crippen LogP contribution in [0, 0.1) is 0 Å². The molecule has 4 rings (SSSR count). The van der Waals surface area contributed by atoms with Gasteiger partial charge in [-0.2, -0.15) is 17.5 Å². The van der Waals surface area contributed by atoms with Gasteiger partial charge in [0.25, 0.3) is 7.41 Å². The summed E-state index contributed by atoms with van der Waals surface area (Å²) in [5.74, 6) is -0.119. The van der Waals surface area contributed by atoms with Crippen molar-refractivity contribution in [2.75, 3.05) is 42.5 Å². The quantitative estimate of drug-likeness (QED) is 0.323. The topological polar surface area (TPSA) is 103 Å². The average molecular weight is 543 g/mol. The molecule has 2 saturated heterocycles. The zero-order chi connectivity index (χ0) is 26.1. The van der Waals surface area contributed by atoms with Crippen LogP contribution in [0.1, 0.15) is 12.0 Å². The predicted molar refractivity (Wildman–Crippen MR) is 128 cm³/mol. The lowest BCUT2D eigenvalue weighted by Crippen LogP contribution is -2.49. The summed E-state index contributed by atoms with van der Waals surface area (Å²) < 4.78 is 66.8. The maximum Gasteiger partial charge on any atom is 0.416 e. The highest BCUT2D eigenvalue weighted by Gasteiger charge is 2.34. The number of sulfonamides is 1. The summed E-state index contributed by atoms with van der Waals surface area (Å²) in [6.45, 7) is 0.702. The van der Waals surface area contributed by atoms with Gasteiger partial charge in [-0.05, 0) is 36.4 Å². The Bertz CT molecular complexity index is 1240. The molecule has 1 unspecified atom stereocenters. The fourth-order valence-electron chi connectivity index (χ4n) is 4.16. The molecule has 2 aromatic rings. The Morgan fingerprint density at radius 1 is 1.11 bits per heavy atom. The Morgan fingerprint density at radius 3 is 2.39 bits per heavy atom. The Labute approximate surface area is 211 Å². The Hall–Kier alpha value is -2.68. The molecule has 3 heterocycles. The van der Waals surface area contributed by atoms with Crippen LogP contribution in [0.25, 0.3) is 0 Å². The normalized spacial score (nSPS) is 19.6. The largest absolute Gasteiger partial charge is 0.416 e. The van der Waals surface area contributed by atoms with Crippen LogP contribution >= 0.6 is 11.6 Å². The van der Waals surface area contributed by atoms with Crippen LogP contribution in [-0.4, -0.2) is 76.0 Å². The van der Waals surface area contributed by atoms with E-state index in [2.05, 4.69) is 10.2 Å². The van der Waals surface area contributed by atoms with Gasteiger partial charge in [0.1, 0.15) is 11.0 Å². The van der Waals surface area contributed by atoms with Crippen LogP contribution in [0.2, 0.25) is 5.15 Å². The van der Waals surface area contributed by atoms with Gasteiger partial charge in [0.05, 0.1) is 16.6 Å². The number of pyridine rings is 1. The molecule has 1 radical (unpaired) electrons. The molecule has 0 aliphatic carbocycles. The molecular formula is C21H21BClF3N5O4S. The van der Waals surface area contributed by atoms with Gasteiger partial charge in [-0.3, -0.25) is 4.79 Å². The first-order chi connectivity index (χ1) is 17.0. The predicted octanol–water partition coefficient (Wildman–Crippen LogP) is 1.77. The number of nitrogens with one attached hydrogen (secondary N) is 1. The minimum atomic E-state index is -4.58. The number of carbonyl (C=O) groups is 2. The van der Waals surface area contributed by atoms with E-state index in [1.54, 1.807) is 17.0 Å². The van der Waals surface area contributed by atoms with Gasteiger partial charge in [-0.25, -0.2) is 13.4 Å². The second-order valence-electron chi connectivity index (χ2n) is 8.29. The molecule has 2 aliphatic heterocycles. The number of carbonyl (C=O) groups excluding carboxylic acids is 2. The van der Waals surface area contributed by atoms with Crippen LogP contribution in [0.5, 0.6) is 0 Å². The molecule has 15 heteroatoms. The highest BCUT2D eigenvalue weighted by Crippen LogP contribution is 2.33. The lowest BCUT2D eigenvalue weighted by atomic mass is 9.96. The Morgan fingerprint density at radius 2 is 1.78 bits per heavy atom. The number of piperazine rings is 1. The number of halogens is 4. The maximum absolute atomic E-state index is 13.1. The Kier molecular flexibility index (Phi) is 7.60. The Balaban J connectivity index is 1.42. The number of aromatic nitrogens is 1. The first kappa shape index (κ1) is 26.4. The second-order valence-corrected chi connectivity index (χ2v) is 10.6. The fraction of sp³-hybridized carbons (Fsp3) is 0.381. The molecule has 1 atom stereocenters. The monoisotopic (exact) mass is 542 g/mol. The van der Waals surface area contributed by atoms with Crippen molar-refractivity contribution in [3.8, 4) is 0 Å². The molecule has 1 N–H and O–H groups in total. The number of benzene rings is 1. The summed E-state index contributed by atoms with van der Waals surface area (Å²) in [4.78, 5) is 29.8. The fourth-order valence-corrected chi connectivity index (χ4v) is 5.78. The molecular weight excluding hydrogens is 522 g/mol. The molecule has 1 aromatic carbocycles. The molecule has 1 amide bonds. The van der Waals surface area contributed by atoms with Gasteiger partial charge in [0, 0.05) is 50.9 Å². The third-order valence-electron chi connectivity index (χ3n) is 5.98. The van der Waals surface area contributed by atoms with E-state index >= 15 is 0 Å². The smallest absolute Gasteiger partial charge is 0.354 e. The summed E-state index contributed by atoms with van der Waals surface area (Å²) in [7, 11) is -2.63. The van der Waals surface area contributed by atoms with Crippen molar-refractivity contribution in [1.29, 1.82) is 0 Å². The molecule has 0 spiro atoms. The second kappa shape index (κ2) is 10.4. The van der Waals surface area contributed by atoms with E-state index in [-0.39, 0.29) is 60.4 Å². The summed E-state index contributed by atoms with van der Waals surface area (Å²) in [6, 6.07) is 7.33. The van der Waals surface area contributed by atoms with Crippen molar-refractivity contribution in [2.45, 2.75) is 23.5 Å². The molecule has 1 aromatic heterocycles. The molecule has 36 heavy (non-hydrogen) atoms. The zero-order valence-corrected chi connectivity index (χ0v) is 20.4. The van der Waals surface area contributed by atoms with E-state index in [1.807, 2.05) is 0 Å². The third kappa shape index (κ3) is 5.66. The van der Waals surface area contributed by atoms with E-state index in [4.69, 9.17) is 11.6 Å². The first-order valence-electron chi connectivity index (χ1n) is 10.9. The number of amides is 1. The van der Waals surface area contributed by atoms with Crippen molar-refractivity contribution >= 4 is 52.6 Å². The van der Waals surface area contributed by atoms with Crippen LogP contribution in [0.15, 0.2) is 41.3 Å². The number of rotatable bonds is 7. The summed E-state index contributed by atoms with van der Waals surface area (Å²) in [6.07, 6.45) is -3.78. The van der Waals surface area contributed by atoms with E-state index in [0.717, 1.165) is 12.1 Å². The lowest BCUT2D eigenvalue weighted by Gasteiger charge is -2.35. The molecule has 0 saturated carbocycles. The summed E-state index contributed by atoms with van der Waals surface area (Å²) in [5, 5.41) is 2.54. The van der Waals surface area contributed by atoms with Crippen LogP contribution in [-0.2, 0) is 25.8 Å². The SMILES string of the molecule is O=C[B]NC1CC(=O)N(c2ccc(S(=O)(=O)N3CCN(c4cc(C(F)(F)F)cc(Cl)n4)CC3)cc2)C1. The number of hydrogen-bond donors (Lipinski definition) is 1. The summed E-state index contributed by atoms with van der Waals surface area (Å²) >= 11 is 5.77. The van der Waals surface area contributed by atoms with Crippen molar-refractivity contribution in [1.82, 2.24) is 14.5 Å². The third-order valence-corrected chi connectivity index (χ3v) is 8.09. The van der Waals surface area contributed by atoms with Gasteiger partial charge in [-0.15, -0.1) is 0 Å². The highest BCUT2D eigenvalue weighted by molar-refractivity contribution is 7.89. The van der Waals surface area contributed by atoms with Crippen molar-refractivity contribution in [2.24, 2.45) is 0 Å². The van der Waals surface area contributed by atoms with Gasteiger partial charge in [0.2, 0.25) is 15.9 Å². The van der Waals surface area contributed by atoms with E-state index in [0.29, 0.717) is 18.4 Å². The minimum Gasteiger partial charge on any atom is -0.354 e. The number of hydrogen-bond acceptors (Lipinski definition) is 7. The minimum absolute atomic E-state index is 0.0324. The molecule has 2 aliphatic rings. The van der Waals surface area contributed by atoms with Gasteiger partial charge >= 0.3 is 6.18 Å². The molecule has 191 valence electrons. The number of alkyl halides is 3. The first-order valence-corrected chi connectivity index (χ1v) is 12.7. The van der Waals surface area contributed by atoms with Crippen LogP contribution in [0.4, 0.5) is 24.7 Å². The number of anilines is 2. The summed E-state index contributed by atoms with van der Waals surface area (Å²) in [5.41, 5.74) is -0.389. The van der Waals surface area contributed by atoms with Gasteiger partial charge in [0.15, 0.2) is 0 Å². The molecule has 2 fully saturated rings. The average Bonchev–Trinajstić information content (AvgIpc) is 3.22. The number of nitrogens with zero attached hydrogens (tertiary/aromatic N) is 4. The van der Waals surface area contributed by atoms with E-state index in [1.165, 1.54) is 28.8 Å². The molecule has 9 nitrogen and oxygen atoms in total. The van der Waals surface area contributed by atoms with Crippen LogP contribution < -0.4 is 15.0 Å². The molecule has 0 bridgehead atoms. The zero-order valence-electron chi connectivity index (χ0n) is 18.8. The van der Waals surface area contributed by atoms with E-state index in [9.17, 15) is 31.2 Å². The van der Waals surface area contributed by atoms with Crippen molar-refractivity contribution < 1.29 is 31.2 Å². The van der Waals surface area contributed by atoms with Crippen molar-refractivity contribution in [3.05, 3.63) is 47.1 Å². The van der Waals surface area contributed by atoms with Gasteiger partial charge < -0.3 is 19.8 Å². The lowest BCUT2D eigenvalue weighted by molar-refractivity contribution is -0.137. The van der Waals surface area contributed by atoms with Crippen LogP contribution in [0.3, 0.4) is 0 Å². The van der Waals surface area contributed by atoms with Gasteiger partial charge in [-0.1, -0.05) is 11.6 Å². The maximum atomic E-state index is 13.1. The standard InChI is InChI=1S/C21H21BClF3N5O4S/c23-18-9-14(21(24,25)26)10-19(27-18)29-5-7-30(8-6-29)36(34,35)17-3-1-16(2-4-17)31-12-15(11-20(31)33)28-22-13-32/h1-4,9-10,13,15,28H,5-8,11-12H2. The highest BCUT2D eigenvalue weighted by atomic mass is 35.5. The van der Waals surface area contributed by atoms with E-state index < -0.39 is 21.8 Å². The van der Waals surface area contributed by atoms with Crippen molar-refractivity contribution in [3.63, 3.8) is 0 Å².